The summed E-state index contributed by atoms with van der Waals surface area (Å²) >= 11 is 0. The Morgan fingerprint density at radius 2 is 2.00 bits per heavy atom. The van der Waals surface area contributed by atoms with E-state index in [0.29, 0.717) is 6.07 Å². The van der Waals surface area contributed by atoms with Crippen LogP contribution in [0.1, 0.15) is 0 Å². The van der Waals surface area contributed by atoms with Crippen LogP contribution in [0.4, 0.5) is 19.3 Å². The van der Waals surface area contributed by atoms with E-state index in [-0.39, 0.29) is 5.69 Å². The van der Waals surface area contributed by atoms with Crippen LogP contribution < -0.4 is 5.32 Å². The smallest absolute Gasteiger partial charge is 0.285 e. The van der Waals surface area contributed by atoms with E-state index in [4.69, 9.17) is 0 Å². The summed E-state index contributed by atoms with van der Waals surface area (Å²) in [6.07, 6.45) is -1.64. The Bertz CT molecular complexity index is 314. The maximum atomic E-state index is 12.6. The number of benzene rings is 1. The lowest BCUT2D eigenvalue weighted by atomic mass is 10.3. The van der Waals surface area contributed by atoms with Gasteiger partial charge in [0, 0.05) is 6.07 Å². The first-order valence-corrected chi connectivity index (χ1v) is 3.02. The molecule has 1 aromatic rings. The molecule has 0 saturated carbocycles. The normalized spacial score (nSPS) is 9.50. The molecule has 0 saturated heterocycles. The summed E-state index contributed by atoms with van der Waals surface area (Å²) in [4.78, 5) is 9.92. The number of carbonyl (C=O) groups excluding carboxylic acids is 1. The summed E-state index contributed by atoms with van der Waals surface area (Å²) < 4.78 is 24.9. The molecule has 0 aliphatic rings. The number of halogens is 2. The van der Waals surface area contributed by atoms with Gasteiger partial charge in [0.15, 0.2) is 0 Å². The molecular weight excluding hydrogens is 168 g/mol. The molecule has 0 bridgehead atoms. The van der Waals surface area contributed by atoms with E-state index in [1.807, 2.05) is 0 Å². The van der Waals surface area contributed by atoms with Crippen LogP contribution in [-0.2, 0) is 5.11 Å². The van der Waals surface area contributed by atoms with Gasteiger partial charge in [-0.05, 0) is 12.1 Å². The van der Waals surface area contributed by atoms with E-state index in [0.717, 1.165) is 12.1 Å². The Morgan fingerprint density at radius 1 is 1.33 bits per heavy atom. The van der Waals surface area contributed by atoms with Gasteiger partial charge in [0.2, 0.25) is 0 Å². The molecule has 1 amide bonds. The summed E-state index contributed by atoms with van der Waals surface area (Å²) in [5.41, 5.74) is -0.323. The molecule has 3 nitrogen and oxygen atoms in total. The summed E-state index contributed by atoms with van der Waals surface area (Å²) in [7, 11) is 0. The maximum absolute atomic E-state index is 12.6. The molecule has 0 aliphatic carbocycles. The number of carbonyl (C=O) groups is 1. The second-order valence-electron chi connectivity index (χ2n) is 2.04. The van der Waals surface area contributed by atoms with E-state index in [1.165, 1.54) is 0 Å². The monoisotopic (exact) mass is 172 g/mol. The molecule has 0 aromatic heterocycles. The highest BCUT2D eigenvalue weighted by molar-refractivity contribution is 5.82. The highest BCUT2D eigenvalue weighted by Gasteiger charge is 2.06. The summed E-state index contributed by atoms with van der Waals surface area (Å²) in [5, 5.41) is 11.6. The Balaban J connectivity index is 2.93. The Kier molecular flexibility index (Phi) is 2.23. The van der Waals surface area contributed by atoms with Gasteiger partial charge in [-0.25, -0.2) is 18.7 Å². The molecule has 0 heterocycles. The number of amides is 1. The van der Waals surface area contributed by atoms with Crippen LogP contribution in [0.3, 0.4) is 0 Å². The molecule has 1 N–H and O–H groups in total. The first-order valence-electron chi connectivity index (χ1n) is 3.02. The quantitative estimate of drug-likeness (QED) is 0.691. The maximum Gasteiger partial charge on any atom is 0.455 e. The van der Waals surface area contributed by atoms with Crippen LogP contribution in [-0.4, -0.2) is 6.09 Å². The van der Waals surface area contributed by atoms with Crippen molar-refractivity contribution >= 4 is 11.8 Å². The molecular formula is C7H4F2NO2. The number of anilines is 1. The zero-order valence-corrected chi connectivity index (χ0v) is 5.80. The van der Waals surface area contributed by atoms with Gasteiger partial charge in [0.1, 0.15) is 11.6 Å². The van der Waals surface area contributed by atoms with Crippen LogP contribution in [0.25, 0.3) is 0 Å². The van der Waals surface area contributed by atoms with Crippen molar-refractivity contribution in [3.63, 3.8) is 0 Å². The lowest BCUT2D eigenvalue weighted by Gasteiger charge is -1.99. The molecule has 0 unspecified atom stereocenters. The Labute approximate surface area is 66.6 Å². The van der Waals surface area contributed by atoms with Crippen molar-refractivity contribution in [1.29, 1.82) is 0 Å². The predicted octanol–water partition coefficient (Wildman–Crippen LogP) is 1.93. The number of hydrogen-bond donors (Lipinski definition) is 1. The van der Waals surface area contributed by atoms with Crippen molar-refractivity contribution in [1.82, 2.24) is 0 Å². The largest absolute Gasteiger partial charge is 0.455 e. The fourth-order valence-corrected chi connectivity index (χ4v) is 0.701. The van der Waals surface area contributed by atoms with Crippen molar-refractivity contribution in [2.45, 2.75) is 0 Å². The molecule has 12 heavy (non-hydrogen) atoms. The SMILES string of the molecule is [O]C(=O)Nc1ccc(F)cc1F. The van der Waals surface area contributed by atoms with Crippen LogP contribution in [0, 0.1) is 11.6 Å². The van der Waals surface area contributed by atoms with Crippen molar-refractivity contribution in [3.05, 3.63) is 29.8 Å². The van der Waals surface area contributed by atoms with Gasteiger partial charge in [0.25, 0.3) is 0 Å². The molecule has 0 atom stereocenters. The van der Waals surface area contributed by atoms with E-state index >= 15 is 0 Å². The second-order valence-corrected chi connectivity index (χ2v) is 2.04. The van der Waals surface area contributed by atoms with Crippen molar-refractivity contribution in [2.24, 2.45) is 0 Å². The third-order valence-electron chi connectivity index (χ3n) is 1.17. The predicted molar refractivity (Wildman–Crippen MR) is 36.1 cm³/mol. The fourth-order valence-electron chi connectivity index (χ4n) is 0.701. The first kappa shape index (κ1) is 8.45. The van der Waals surface area contributed by atoms with E-state index in [1.54, 1.807) is 5.32 Å². The van der Waals surface area contributed by atoms with Gasteiger partial charge < -0.3 is 0 Å². The lowest BCUT2D eigenvalue weighted by molar-refractivity contribution is 0.185. The summed E-state index contributed by atoms with van der Waals surface area (Å²) in [6, 6.07) is 2.49. The summed E-state index contributed by atoms with van der Waals surface area (Å²) in [5.74, 6) is -1.74. The summed E-state index contributed by atoms with van der Waals surface area (Å²) in [6.45, 7) is 0. The third kappa shape index (κ3) is 1.91. The fraction of sp³-hybridized carbons (Fsp3) is 0. The van der Waals surface area contributed by atoms with Gasteiger partial charge >= 0.3 is 6.09 Å². The van der Waals surface area contributed by atoms with Gasteiger partial charge in [-0.15, -0.1) is 0 Å². The van der Waals surface area contributed by atoms with Gasteiger partial charge in [-0.2, -0.15) is 0 Å². The molecule has 0 fully saturated rings. The standard InChI is InChI=1S/C7H4F2NO2/c8-4-1-2-6(5(9)3-4)10-7(11)12/h1-3,10H. The van der Waals surface area contributed by atoms with E-state index in [2.05, 4.69) is 0 Å². The van der Waals surface area contributed by atoms with Crippen molar-refractivity contribution < 1.29 is 18.7 Å². The topological polar surface area (TPSA) is 49.0 Å². The average Bonchev–Trinajstić information content (AvgIpc) is 1.94. The van der Waals surface area contributed by atoms with Crippen molar-refractivity contribution in [3.8, 4) is 0 Å². The minimum absolute atomic E-state index is 0.323. The molecule has 63 valence electrons. The first-order chi connectivity index (χ1) is 5.59. The molecule has 0 spiro atoms. The number of nitrogens with one attached hydrogen (secondary N) is 1. The molecule has 1 aromatic carbocycles. The Morgan fingerprint density at radius 3 is 2.50 bits per heavy atom. The average molecular weight is 172 g/mol. The highest BCUT2D eigenvalue weighted by atomic mass is 19.1. The second kappa shape index (κ2) is 3.17. The van der Waals surface area contributed by atoms with Crippen LogP contribution in [0.5, 0.6) is 0 Å². The Hall–Kier alpha value is -1.65. The van der Waals surface area contributed by atoms with Gasteiger partial charge in [-0.3, -0.25) is 5.32 Å². The molecule has 5 heteroatoms. The molecule has 0 aliphatic heterocycles. The van der Waals surface area contributed by atoms with Crippen LogP contribution in [0.2, 0.25) is 0 Å². The minimum atomic E-state index is -1.64. The van der Waals surface area contributed by atoms with Crippen LogP contribution in [0.15, 0.2) is 18.2 Å². The highest BCUT2D eigenvalue weighted by Crippen LogP contribution is 2.14. The number of hydrogen-bond acceptors (Lipinski definition) is 1. The van der Waals surface area contributed by atoms with Crippen LogP contribution >= 0.6 is 0 Å². The number of rotatable bonds is 1. The lowest BCUT2D eigenvalue weighted by Crippen LogP contribution is -2.07. The van der Waals surface area contributed by atoms with E-state index < -0.39 is 17.7 Å². The zero-order chi connectivity index (χ0) is 9.14. The molecule has 1 radical (unpaired) electrons. The van der Waals surface area contributed by atoms with Crippen molar-refractivity contribution in [2.75, 3.05) is 5.32 Å². The van der Waals surface area contributed by atoms with Gasteiger partial charge in [-0.1, -0.05) is 0 Å². The minimum Gasteiger partial charge on any atom is -0.285 e. The van der Waals surface area contributed by atoms with Gasteiger partial charge in [0.05, 0.1) is 5.69 Å². The zero-order valence-electron chi connectivity index (χ0n) is 5.80. The van der Waals surface area contributed by atoms with E-state index in [9.17, 15) is 18.7 Å². The molecule has 1 rings (SSSR count). The third-order valence-corrected chi connectivity index (χ3v) is 1.17.